The van der Waals surface area contributed by atoms with Crippen LogP contribution in [0.25, 0.3) is 22.6 Å². The minimum atomic E-state index is -0.547. The number of nitrogens with zero attached hydrogens (tertiary/aromatic N) is 1. The molecule has 1 N–H and O–H groups in total. The topological polar surface area (TPSA) is 81.4 Å². The Morgan fingerprint density at radius 2 is 1.92 bits per heavy atom. The van der Waals surface area contributed by atoms with E-state index >= 15 is 0 Å². The van der Waals surface area contributed by atoms with Gasteiger partial charge in [-0.25, -0.2) is 9.78 Å². The highest BCUT2D eigenvalue weighted by atomic mass is 35.5. The lowest BCUT2D eigenvalue weighted by Crippen LogP contribution is -2.28. The molecule has 1 aliphatic rings. The van der Waals surface area contributed by atoms with Gasteiger partial charge in [0.05, 0.1) is 39.6 Å². The van der Waals surface area contributed by atoms with E-state index in [0.29, 0.717) is 38.7 Å². The van der Waals surface area contributed by atoms with Crippen LogP contribution in [0.5, 0.6) is 0 Å². The Kier molecular flexibility index (Phi) is 7.07. The first-order valence-corrected chi connectivity index (χ1v) is 12.3. The maximum atomic E-state index is 13.3. The van der Waals surface area contributed by atoms with Crippen molar-refractivity contribution in [3.05, 3.63) is 99.1 Å². The van der Waals surface area contributed by atoms with Crippen LogP contribution in [0, 0.1) is 0 Å². The van der Waals surface area contributed by atoms with Gasteiger partial charge in [-0.05, 0) is 72.4 Å². The molecule has 0 aliphatic heterocycles. The highest BCUT2D eigenvalue weighted by Crippen LogP contribution is 2.37. The van der Waals surface area contributed by atoms with Crippen molar-refractivity contribution in [3.8, 4) is 0 Å². The summed E-state index contributed by atoms with van der Waals surface area (Å²) >= 11 is 12.3. The fraction of sp³-hybridized carbons (Fsp3) is 0.179. The number of halogens is 2. The van der Waals surface area contributed by atoms with Crippen LogP contribution in [0.4, 0.5) is 0 Å². The Balaban J connectivity index is 1.45. The summed E-state index contributed by atoms with van der Waals surface area (Å²) in [6, 6.07) is 16.4. The molecule has 0 spiro atoms. The van der Waals surface area contributed by atoms with E-state index in [4.69, 9.17) is 37.3 Å². The molecule has 0 saturated carbocycles. The number of hydrogen-bond donors (Lipinski definition) is 1. The highest BCUT2D eigenvalue weighted by Gasteiger charge is 2.26. The molecule has 1 amide bonds. The van der Waals surface area contributed by atoms with Gasteiger partial charge in [0.15, 0.2) is 6.61 Å². The molecule has 0 atom stereocenters. The van der Waals surface area contributed by atoms with Crippen molar-refractivity contribution in [3.63, 3.8) is 0 Å². The fourth-order valence-corrected chi connectivity index (χ4v) is 4.67. The fourth-order valence-electron chi connectivity index (χ4n) is 4.36. The van der Waals surface area contributed by atoms with E-state index in [2.05, 4.69) is 5.32 Å². The third-order valence-corrected chi connectivity index (χ3v) is 6.77. The summed E-state index contributed by atoms with van der Waals surface area (Å²) in [5.74, 6) is -0.342. The number of esters is 1. The number of aromatic nitrogens is 1. The van der Waals surface area contributed by atoms with Crippen molar-refractivity contribution < 1.29 is 18.7 Å². The van der Waals surface area contributed by atoms with E-state index in [1.54, 1.807) is 18.2 Å². The predicted octanol–water partition coefficient (Wildman–Crippen LogP) is 6.48. The first-order chi connectivity index (χ1) is 17.5. The molecule has 0 saturated heterocycles. The van der Waals surface area contributed by atoms with E-state index in [1.165, 1.54) is 6.26 Å². The third-order valence-electron chi connectivity index (χ3n) is 6.03. The van der Waals surface area contributed by atoms with Crippen molar-refractivity contribution in [1.82, 2.24) is 10.3 Å². The van der Waals surface area contributed by atoms with Gasteiger partial charge in [0.25, 0.3) is 5.91 Å². The van der Waals surface area contributed by atoms with Gasteiger partial charge < -0.3 is 14.5 Å². The molecule has 0 fully saturated rings. The largest absolute Gasteiger partial charge is 0.467 e. The number of carbonyl (C=O) groups excluding carboxylic acids is 2. The summed E-state index contributed by atoms with van der Waals surface area (Å²) in [5, 5.41) is 4.35. The van der Waals surface area contributed by atoms with Crippen LogP contribution in [0.15, 0.2) is 65.3 Å². The smallest absolute Gasteiger partial charge is 0.339 e. The number of ether oxygens (including phenoxy) is 1. The Bertz CT molecular complexity index is 1480. The van der Waals surface area contributed by atoms with Crippen molar-refractivity contribution >= 4 is 57.6 Å². The molecule has 2 aromatic carbocycles. The van der Waals surface area contributed by atoms with Crippen LogP contribution in [-0.4, -0.2) is 23.5 Å². The summed E-state index contributed by atoms with van der Waals surface area (Å²) in [4.78, 5) is 30.5. The average molecular weight is 521 g/mol. The van der Waals surface area contributed by atoms with Gasteiger partial charge >= 0.3 is 5.97 Å². The molecule has 36 heavy (non-hydrogen) atoms. The maximum absolute atomic E-state index is 13.3. The minimum Gasteiger partial charge on any atom is -0.467 e. The van der Waals surface area contributed by atoms with Gasteiger partial charge in [-0.1, -0.05) is 47.5 Å². The summed E-state index contributed by atoms with van der Waals surface area (Å²) in [6.07, 6.45) is 5.90. The second-order valence-corrected chi connectivity index (χ2v) is 9.27. The SMILES string of the molecule is O=C(COC(=O)c1c2c(nc3ccccc13)C(=Cc1ccc(Cl)c(Cl)c1)CCC2)NCc1ccco1. The zero-order valence-corrected chi connectivity index (χ0v) is 20.7. The number of carbonyl (C=O) groups is 2. The molecule has 1 aliphatic carbocycles. The number of amides is 1. The lowest BCUT2D eigenvalue weighted by molar-refractivity contribution is -0.124. The highest BCUT2D eigenvalue weighted by molar-refractivity contribution is 6.42. The monoisotopic (exact) mass is 520 g/mol. The summed E-state index contributed by atoms with van der Waals surface area (Å²) in [5.41, 5.74) is 4.64. The van der Waals surface area contributed by atoms with Crippen LogP contribution in [0.2, 0.25) is 10.0 Å². The van der Waals surface area contributed by atoms with E-state index in [0.717, 1.165) is 35.2 Å². The lowest BCUT2D eigenvalue weighted by atomic mass is 9.86. The molecule has 6 nitrogen and oxygen atoms in total. The van der Waals surface area contributed by atoms with Crippen LogP contribution >= 0.6 is 23.2 Å². The minimum absolute atomic E-state index is 0.222. The molecule has 2 aromatic heterocycles. The van der Waals surface area contributed by atoms with Crippen LogP contribution in [-0.2, 0) is 22.5 Å². The molecular formula is C28H22Cl2N2O4. The quantitative estimate of drug-likeness (QED) is 0.294. The Hall–Kier alpha value is -3.61. The van der Waals surface area contributed by atoms with Gasteiger partial charge in [-0.3, -0.25) is 4.79 Å². The molecule has 2 heterocycles. The molecule has 8 heteroatoms. The average Bonchev–Trinajstić information content (AvgIpc) is 3.41. The van der Waals surface area contributed by atoms with Crippen molar-refractivity contribution in [2.45, 2.75) is 25.8 Å². The first kappa shape index (κ1) is 24.1. The normalized spacial score (nSPS) is 14.0. The van der Waals surface area contributed by atoms with Crippen molar-refractivity contribution in [2.75, 3.05) is 6.61 Å². The standard InChI is InChI=1S/C28H22Cl2N2O4/c29-22-11-10-17(14-23(22)30)13-18-5-3-8-21-26(20-7-1-2-9-24(20)32-27(18)21)28(34)36-16-25(33)31-15-19-6-4-12-35-19/h1-2,4,6-7,9-14H,3,5,8,15-16H2,(H,31,33). The molecular weight excluding hydrogens is 499 g/mol. The number of rotatable bonds is 6. The van der Waals surface area contributed by atoms with Gasteiger partial charge in [0.1, 0.15) is 5.76 Å². The van der Waals surface area contributed by atoms with Crippen molar-refractivity contribution in [1.29, 1.82) is 0 Å². The zero-order valence-electron chi connectivity index (χ0n) is 19.2. The van der Waals surface area contributed by atoms with Gasteiger partial charge in [-0.15, -0.1) is 0 Å². The number of furan rings is 1. The lowest BCUT2D eigenvalue weighted by Gasteiger charge is -2.22. The Labute approximate surface area is 217 Å². The molecule has 0 unspecified atom stereocenters. The molecule has 5 rings (SSSR count). The number of allylic oxidation sites excluding steroid dienone is 1. The number of nitrogens with one attached hydrogen (secondary N) is 1. The molecule has 0 bridgehead atoms. The number of pyridine rings is 1. The van der Waals surface area contributed by atoms with E-state index in [1.807, 2.05) is 42.5 Å². The number of hydrogen-bond acceptors (Lipinski definition) is 5. The summed E-state index contributed by atoms with van der Waals surface area (Å²) in [7, 11) is 0. The summed E-state index contributed by atoms with van der Waals surface area (Å²) in [6.45, 7) is -0.170. The van der Waals surface area contributed by atoms with E-state index in [-0.39, 0.29) is 6.54 Å². The van der Waals surface area contributed by atoms with Crippen LogP contribution < -0.4 is 5.32 Å². The van der Waals surface area contributed by atoms with Crippen molar-refractivity contribution in [2.24, 2.45) is 0 Å². The van der Waals surface area contributed by atoms with Gasteiger partial charge in [0.2, 0.25) is 0 Å². The number of fused-ring (bicyclic) bond motifs is 2. The van der Waals surface area contributed by atoms with Gasteiger partial charge in [-0.2, -0.15) is 0 Å². The van der Waals surface area contributed by atoms with E-state index < -0.39 is 18.5 Å². The van der Waals surface area contributed by atoms with Crippen LogP contribution in [0.3, 0.4) is 0 Å². The molecule has 0 radical (unpaired) electrons. The first-order valence-electron chi connectivity index (χ1n) is 11.5. The maximum Gasteiger partial charge on any atom is 0.339 e. The zero-order chi connectivity index (χ0) is 25.1. The molecule has 4 aromatic rings. The number of para-hydroxylation sites is 1. The predicted molar refractivity (Wildman–Crippen MR) is 140 cm³/mol. The Morgan fingerprint density at radius 3 is 2.72 bits per heavy atom. The summed E-state index contributed by atoms with van der Waals surface area (Å²) < 4.78 is 10.7. The second kappa shape index (κ2) is 10.6. The van der Waals surface area contributed by atoms with Gasteiger partial charge in [0, 0.05) is 5.39 Å². The van der Waals surface area contributed by atoms with E-state index in [9.17, 15) is 9.59 Å². The second-order valence-electron chi connectivity index (χ2n) is 8.46. The van der Waals surface area contributed by atoms with Crippen LogP contribution in [0.1, 0.15) is 45.8 Å². The molecule has 182 valence electrons. The third kappa shape index (κ3) is 5.15. The number of benzene rings is 2. The Morgan fingerprint density at radius 1 is 1.06 bits per heavy atom.